The third kappa shape index (κ3) is 5.25. The summed E-state index contributed by atoms with van der Waals surface area (Å²) < 4.78 is 10.9. The van der Waals surface area contributed by atoms with Crippen molar-refractivity contribution in [3.05, 3.63) is 39.3 Å². The zero-order chi connectivity index (χ0) is 18.5. The Balaban J connectivity index is 0.00000261. The molecule has 0 bridgehead atoms. The molecule has 1 aliphatic rings. The molecule has 148 valence electrons. The second kappa shape index (κ2) is 10.1. The summed E-state index contributed by atoms with van der Waals surface area (Å²) in [5.74, 6) is 2.50. The van der Waals surface area contributed by atoms with Crippen molar-refractivity contribution in [2.24, 2.45) is 4.99 Å². The minimum atomic E-state index is 0. The molecule has 0 saturated heterocycles. The average molecular weight is 502 g/mol. The third-order valence-corrected chi connectivity index (χ3v) is 5.49. The van der Waals surface area contributed by atoms with E-state index >= 15 is 0 Å². The van der Waals surface area contributed by atoms with Gasteiger partial charge in [0.05, 0.1) is 19.2 Å². The summed E-state index contributed by atoms with van der Waals surface area (Å²) in [5.41, 5.74) is 2.57. The monoisotopic (exact) mass is 502 g/mol. The van der Waals surface area contributed by atoms with E-state index in [0.717, 1.165) is 54.9 Å². The first kappa shape index (κ1) is 21.7. The van der Waals surface area contributed by atoms with Gasteiger partial charge in [-0.25, -0.2) is 4.98 Å². The van der Waals surface area contributed by atoms with Gasteiger partial charge in [-0.15, -0.1) is 35.3 Å². The maximum atomic E-state index is 5.45. The molecule has 1 N–H and O–H groups in total. The Morgan fingerprint density at radius 2 is 1.96 bits per heavy atom. The van der Waals surface area contributed by atoms with Crippen LogP contribution in [0.4, 0.5) is 0 Å². The molecule has 0 saturated carbocycles. The molecule has 1 aliphatic heterocycles. The lowest BCUT2D eigenvalue weighted by atomic mass is 9.99. The van der Waals surface area contributed by atoms with Crippen molar-refractivity contribution in [3.8, 4) is 11.5 Å². The van der Waals surface area contributed by atoms with Crippen LogP contribution in [-0.4, -0.2) is 50.2 Å². The fourth-order valence-corrected chi connectivity index (χ4v) is 3.98. The maximum absolute atomic E-state index is 5.45. The molecule has 0 unspecified atom stereocenters. The predicted octanol–water partition coefficient (Wildman–Crippen LogP) is 3.26. The number of benzene rings is 1. The Kier molecular flexibility index (Phi) is 8.15. The van der Waals surface area contributed by atoms with Crippen molar-refractivity contribution in [2.75, 3.05) is 34.4 Å². The normalized spacial score (nSPS) is 13.6. The van der Waals surface area contributed by atoms with E-state index < -0.39 is 0 Å². The molecule has 2 heterocycles. The van der Waals surface area contributed by atoms with Gasteiger partial charge in [-0.3, -0.25) is 4.99 Å². The highest BCUT2D eigenvalue weighted by Gasteiger charge is 2.21. The summed E-state index contributed by atoms with van der Waals surface area (Å²) in [4.78, 5) is 12.4. The number of aromatic nitrogens is 1. The van der Waals surface area contributed by atoms with E-state index in [9.17, 15) is 0 Å². The molecule has 27 heavy (non-hydrogen) atoms. The Morgan fingerprint density at radius 3 is 2.56 bits per heavy atom. The molecule has 2 aromatic rings. The number of aryl methyl sites for hydroxylation is 1. The molecule has 0 fully saturated rings. The lowest BCUT2D eigenvalue weighted by Gasteiger charge is -2.32. The number of fused-ring (bicyclic) bond motifs is 1. The van der Waals surface area contributed by atoms with Gasteiger partial charge in [0.2, 0.25) is 0 Å². The Morgan fingerprint density at radius 1 is 1.26 bits per heavy atom. The van der Waals surface area contributed by atoms with E-state index in [-0.39, 0.29) is 24.0 Å². The zero-order valence-corrected chi connectivity index (χ0v) is 19.4. The van der Waals surface area contributed by atoms with E-state index in [4.69, 9.17) is 9.47 Å². The second-order valence-electron chi connectivity index (χ2n) is 6.24. The van der Waals surface area contributed by atoms with Gasteiger partial charge >= 0.3 is 0 Å². The quantitative estimate of drug-likeness (QED) is 0.387. The number of hydrogen-bond donors (Lipinski definition) is 1. The van der Waals surface area contributed by atoms with Gasteiger partial charge in [-0.2, -0.15) is 0 Å². The van der Waals surface area contributed by atoms with Crippen LogP contribution < -0.4 is 14.8 Å². The van der Waals surface area contributed by atoms with E-state index in [2.05, 4.69) is 39.2 Å². The molecule has 0 spiro atoms. The van der Waals surface area contributed by atoms with Gasteiger partial charge in [-0.1, -0.05) is 0 Å². The number of nitrogens with one attached hydrogen (secondary N) is 1. The van der Waals surface area contributed by atoms with Gasteiger partial charge in [-0.05, 0) is 36.6 Å². The summed E-state index contributed by atoms with van der Waals surface area (Å²) >= 11 is 1.75. The first-order valence-electron chi connectivity index (χ1n) is 8.75. The highest BCUT2D eigenvalue weighted by atomic mass is 127. The maximum Gasteiger partial charge on any atom is 0.193 e. The average Bonchev–Trinajstić information content (AvgIpc) is 3.08. The SMILES string of the molecule is CN=C(NCCc1ncc(C)s1)N1CCc2cc(OC)c(OC)cc2C1.I. The number of hydrogen-bond acceptors (Lipinski definition) is 5. The van der Waals surface area contributed by atoms with Crippen molar-refractivity contribution in [3.63, 3.8) is 0 Å². The smallest absolute Gasteiger partial charge is 0.193 e. The predicted molar refractivity (Wildman–Crippen MR) is 121 cm³/mol. The van der Waals surface area contributed by atoms with Crippen molar-refractivity contribution >= 4 is 41.3 Å². The number of guanidine groups is 1. The first-order chi connectivity index (χ1) is 12.6. The standard InChI is InChI=1S/C19H26N4O2S.HI/c1-13-11-22-18(26-13)5-7-21-19(20-2)23-8-6-14-9-16(24-3)17(25-4)10-15(14)12-23;/h9-11H,5-8,12H2,1-4H3,(H,20,21);1H. The summed E-state index contributed by atoms with van der Waals surface area (Å²) in [6.07, 6.45) is 3.80. The van der Waals surface area contributed by atoms with Crippen LogP contribution in [0, 0.1) is 6.92 Å². The summed E-state index contributed by atoms with van der Waals surface area (Å²) in [7, 11) is 5.18. The number of ether oxygens (including phenoxy) is 2. The van der Waals surface area contributed by atoms with Crippen LogP contribution in [0.15, 0.2) is 23.3 Å². The van der Waals surface area contributed by atoms with E-state index in [1.54, 1.807) is 25.6 Å². The number of halogens is 1. The number of methoxy groups -OCH3 is 2. The van der Waals surface area contributed by atoms with Crippen molar-refractivity contribution < 1.29 is 9.47 Å². The van der Waals surface area contributed by atoms with Gasteiger partial charge in [0.25, 0.3) is 0 Å². The van der Waals surface area contributed by atoms with Crippen LogP contribution >= 0.6 is 35.3 Å². The number of rotatable bonds is 5. The highest BCUT2D eigenvalue weighted by Crippen LogP contribution is 2.33. The molecular weight excluding hydrogens is 475 g/mol. The van der Waals surface area contributed by atoms with Crippen LogP contribution in [0.3, 0.4) is 0 Å². The fraction of sp³-hybridized carbons (Fsp3) is 0.474. The highest BCUT2D eigenvalue weighted by molar-refractivity contribution is 14.0. The largest absolute Gasteiger partial charge is 0.493 e. The minimum Gasteiger partial charge on any atom is -0.493 e. The van der Waals surface area contributed by atoms with Crippen LogP contribution in [0.5, 0.6) is 11.5 Å². The molecule has 1 aromatic carbocycles. The number of thiazole rings is 1. The molecule has 0 aliphatic carbocycles. The molecule has 0 atom stereocenters. The Bertz CT molecular complexity index is 794. The summed E-state index contributed by atoms with van der Waals surface area (Å²) in [6, 6.07) is 4.17. The molecule has 3 rings (SSSR count). The summed E-state index contributed by atoms with van der Waals surface area (Å²) in [6.45, 7) is 4.65. The third-order valence-electron chi connectivity index (χ3n) is 4.52. The summed E-state index contributed by atoms with van der Waals surface area (Å²) in [5, 5.41) is 4.62. The lowest BCUT2D eigenvalue weighted by Crippen LogP contribution is -2.44. The van der Waals surface area contributed by atoms with Crippen molar-refractivity contribution in [1.29, 1.82) is 0 Å². The van der Waals surface area contributed by atoms with Crippen molar-refractivity contribution in [2.45, 2.75) is 26.3 Å². The van der Waals surface area contributed by atoms with Gasteiger partial charge < -0.3 is 19.7 Å². The van der Waals surface area contributed by atoms with E-state index in [1.807, 2.05) is 13.2 Å². The van der Waals surface area contributed by atoms with Crippen LogP contribution in [-0.2, 0) is 19.4 Å². The van der Waals surface area contributed by atoms with Crippen LogP contribution in [0.2, 0.25) is 0 Å². The van der Waals surface area contributed by atoms with Gasteiger partial charge in [0.1, 0.15) is 0 Å². The number of nitrogens with zero attached hydrogens (tertiary/aromatic N) is 3. The van der Waals surface area contributed by atoms with E-state index in [1.165, 1.54) is 16.0 Å². The topological polar surface area (TPSA) is 59.0 Å². The first-order valence-corrected chi connectivity index (χ1v) is 9.57. The Labute approximate surface area is 182 Å². The Hall–Kier alpha value is -1.55. The fourth-order valence-electron chi connectivity index (χ4n) is 3.19. The van der Waals surface area contributed by atoms with Crippen LogP contribution in [0.25, 0.3) is 0 Å². The molecule has 0 radical (unpaired) electrons. The van der Waals surface area contributed by atoms with Gasteiger partial charge in [0, 0.05) is 44.2 Å². The minimum absolute atomic E-state index is 0. The zero-order valence-electron chi connectivity index (χ0n) is 16.2. The van der Waals surface area contributed by atoms with Crippen LogP contribution in [0.1, 0.15) is 21.0 Å². The molecule has 1 aromatic heterocycles. The molecule has 0 amide bonds. The molecular formula is C19H27IN4O2S. The lowest BCUT2D eigenvalue weighted by molar-refractivity contribution is 0.346. The van der Waals surface area contributed by atoms with E-state index in [0.29, 0.717) is 0 Å². The number of aliphatic imine (C=N–C) groups is 1. The molecule has 8 heteroatoms. The van der Waals surface area contributed by atoms with Crippen molar-refractivity contribution in [1.82, 2.24) is 15.2 Å². The molecule has 6 nitrogen and oxygen atoms in total. The second-order valence-corrected chi connectivity index (χ2v) is 7.56. The van der Waals surface area contributed by atoms with Gasteiger partial charge in [0.15, 0.2) is 17.5 Å².